The highest BCUT2D eigenvalue weighted by molar-refractivity contribution is 6.45. The summed E-state index contributed by atoms with van der Waals surface area (Å²) in [7, 11) is 0. The minimum Gasteiger partial charge on any atom is -0.360 e. The number of rotatable bonds is 10. The summed E-state index contributed by atoms with van der Waals surface area (Å²) in [6.07, 6.45) is 0.997. The van der Waals surface area contributed by atoms with E-state index in [1.165, 1.54) is 13.1 Å². The third-order valence-corrected chi connectivity index (χ3v) is 6.65. The molecule has 218 valence electrons. The fourth-order valence-electron chi connectivity index (χ4n) is 4.63. The molecule has 0 saturated carbocycles. The van der Waals surface area contributed by atoms with Crippen molar-refractivity contribution in [3.63, 3.8) is 0 Å². The molecule has 0 fully saturated rings. The zero-order chi connectivity index (χ0) is 30.4. The van der Waals surface area contributed by atoms with E-state index in [1.54, 1.807) is 45.0 Å². The van der Waals surface area contributed by atoms with Crippen molar-refractivity contribution in [3.05, 3.63) is 84.1 Å². The molecular formula is C32H35N5O5. The number of Topliss-reactive ketones (excluding diaryl/α,β-unsaturated/α-hetero) is 1. The third kappa shape index (κ3) is 7.39. The molecule has 2 unspecified atom stereocenters. The van der Waals surface area contributed by atoms with Gasteiger partial charge in [0.05, 0.1) is 12.0 Å². The number of aromatic nitrogens is 1. The molecule has 1 heterocycles. The number of fused-ring (bicyclic) bond motifs is 2. The second-order valence-corrected chi connectivity index (χ2v) is 11.2. The first kappa shape index (κ1) is 30.0. The van der Waals surface area contributed by atoms with E-state index in [1.807, 2.05) is 42.5 Å². The molecule has 1 aromatic heterocycles. The average Bonchev–Trinajstić information content (AvgIpc) is 3.38. The van der Waals surface area contributed by atoms with Crippen LogP contribution >= 0.6 is 0 Å². The fraction of sp³-hybridized carbons (Fsp3) is 0.281. The fourth-order valence-corrected chi connectivity index (χ4v) is 4.63. The molecule has 0 radical (unpaired) electrons. The summed E-state index contributed by atoms with van der Waals surface area (Å²) >= 11 is 0. The van der Waals surface area contributed by atoms with Gasteiger partial charge in [0.2, 0.25) is 17.7 Å². The van der Waals surface area contributed by atoms with Crippen LogP contribution in [0.25, 0.3) is 21.7 Å². The highest BCUT2D eigenvalue weighted by Crippen LogP contribution is 2.19. The number of aromatic amines is 1. The Bertz CT molecular complexity index is 1650. The average molecular weight is 570 g/mol. The Balaban J connectivity index is 1.44. The topological polar surface area (TPSA) is 149 Å². The van der Waals surface area contributed by atoms with Crippen LogP contribution in [-0.2, 0) is 25.7 Å². The maximum absolute atomic E-state index is 13.3. The second-order valence-electron chi connectivity index (χ2n) is 11.2. The van der Waals surface area contributed by atoms with Crippen LogP contribution in [0, 0.1) is 0 Å². The quantitative estimate of drug-likeness (QED) is 0.147. The van der Waals surface area contributed by atoms with E-state index < -0.39 is 53.5 Å². The van der Waals surface area contributed by atoms with Crippen LogP contribution in [0.4, 0.5) is 0 Å². The van der Waals surface area contributed by atoms with Gasteiger partial charge in [0.15, 0.2) is 0 Å². The van der Waals surface area contributed by atoms with E-state index >= 15 is 0 Å². The summed E-state index contributed by atoms with van der Waals surface area (Å²) in [4.78, 5) is 67.8. The first-order chi connectivity index (χ1) is 19.9. The van der Waals surface area contributed by atoms with Crippen LogP contribution in [0.3, 0.4) is 0 Å². The van der Waals surface area contributed by atoms with Gasteiger partial charge in [-0.15, -0.1) is 0 Å². The molecule has 0 spiro atoms. The van der Waals surface area contributed by atoms with Crippen molar-refractivity contribution in [1.29, 1.82) is 0 Å². The third-order valence-electron chi connectivity index (χ3n) is 6.65. The van der Waals surface area contributed by atoms with Gasteiger partial charge in [0.1, 0.15) is 12.1 Å². The number of hydrogen-bond donors (Lipinski definition) is 5. The molecule has 0 saturated heterocycles. The van der Waals surface area contributed by atoms with Gasteiger partial charge in [-0.2, -0.15) is 0 Å². The minimum atomic E-state index is -1.40. The smallest absolute Gasteiger partial charge is 0.293 e. The molecule has 0 aliphatic carbocycles. The number of hydrogen-bond acceptors (Lipinski definition) is 5. The van der Waals surface area contributed by atoms with E-state index in [0.29, 0.717) is 10.9 Å². The molecule has 4 amide bonds. The lowest BCUT2D eigenvalue weighted by Gasteiger charge is -2.24. The maximum atomic E-state index is 13.3. The molecule has 4 aromatic rings. The summed E-state index contributed by atoms with van der Waals surface area (Å²) in [5, 5.41) is 13.1. The lowest BCUT2D eigenvalue weighted by Crippen LogP contribution is -2.55. The van der Waals surface area contributed by atoms with Gasteiger partial charge in [0, 0.05) is 29.2 Å². The van der Waals surface area contributed by atoms with E-state index in [9.17, 15) is 24.0 Å². The number of ketones is 1. The summed E-state index contributed by atoms with van der Waals surface area (Å²) < 4.78 is 0. The van der Waals surface area contributed by atoms with Gasteiger partial charge < -0.3 is 26.3 Å². The number of carbonyl (C=O) groups is 5. The number of para-hydroxylation sites is 1. The highest BCUT2D eigenvalue weighted by atomic mass is 16.2. The van der Waals surface area contributed by atoms with Crippen molar-refractivity contribution in [2.45, 2.75) is 58.3 Å². The van der Waals surface area contributed by atoms with Gasteiger partial charge in [-0.1, -0.05) is 60.7 Å². The lowest BCUT2D eigenvalue weighted by molar-refractivity contribution is -0.133. The molecule has 0 bridgehead atoms. The van der Waals surface area contributed by atoms with Crippen LogP contribution < -0.4 is 21.3 Å². The summed E-state index contributed by atoms with van der Waals surface area (Å²) in [5.41, 5.74) is 1.15. The number of H-pyrrole nitrogens is 1. The Morgan fingerprint density at radius 1 is 0.810 bits per heavy atom. The minimum absolute atomic E-state index is 0.141. The van der Waals surface area contributed by atoms with Crippen LogP contribution in [-0.4, -0.2) is 52.0 Å². The van der Waals surface area contributed by atoms with Crippen molar-refractivity contribution in [1.82, 2.24) is 26.3 Å². The van der Waals surface area contributed by atoms with Crippen molar-refractivity contribution in [3.8, 4) is 0 Å². The number of amides is 4. The van der Waals surface area contributed by atoms with Crippen LogP contribution in [0.15, 0.2) is 72.9 Å². The Labute approximate surface area is 243 Å². The molecule has 42 heavy (non-hydrogen) atoms. The predicted octanol–water partition coefficient (Wildman–Crippen LogP) is 3.11. The largest absolute Gasteiger partial charge is 0.360 e. The molecular weight excluding hydrogens is 534 g/mol. The zero-order valence-electron chi connectivity index (χ0n) is 24.0. The monoisotopic (exact) mass is 569 g/mol. The van der Waals surface area contributed by atoms with Crippen molar-refractivity contribution >= 4 is 51.1 Å². The van der Waals surface area contributed by atoms with Crippen LogP contribution in [0.5, 0.6) is 0 Å². The normalized spacial score (nSPS) is 12.8. The van der Waals surface area contributed by atoms with Crippen molar-refractivity contribution in [2.24, 2.45) is 0 Å². The van der Waals surface area contributed by atoms with E-state index in [-0.39, 0.29) is 12.1 Å². The molecule has 0 aliphatic rings. The van der Waals surface area contributed by atoms with E-state index in [0.717, 1.165) is 16.3 Å². The Hall–Kier alpha value is -4.99. The summed E-state index contributed by atoms with van der Waals surface area (Å²) in [6, 6.07) is 18.2. The zero-order valence-corrected chi connectivity index (χ0v) is 24.0. The Morgan fingerprint density at radius 2 is 1.48 bits per heavy atom. The number of carbonyl (C=O) groups excluding carboxylic acids is 5. The van der Waals surface area contributed by atoms with E-state index in [2.05, 4.69) is 26.3 Å². The standard InChI is InChI=1S/C32H35N5O5/c1-19(29(40)34-17-21-12-9-11-20-10-5-6-13-22(20)21)35-30(41)26(16-27(38)37-32(2,3)4)36-31(42)28(39)24-18-33-25-15-8-7-14-23(24)25/h5-15,18-19,26,33H,16-17H2,1-4H3,(H,34,40)(H,35,41)(H,36,42)(H,37,38). The van der Waals surface area contributed by atoms with Gasteiger partial charge in [0.25, 0.3) is 11.7 Å². The van der Waals surface area contributed by atoms with Crippen LogP contribution in [0.2, 0.25) is 0 Å². The van der Waals surface area contributed by atoms with Gasteiger partial charge >= 0.3 is 0 Å². The van der Waals surface area contributed by atoms with Crippen molar-refractivity contribution < 1.29 is 24.0 Å². The molecule has 5 N–H and O–H groups in total. The lowest BCUT2D eigenvalue weighted by atomic mass is 10.0. The van der Waals surface area contributed by atoms with Crippen LogP contribution in [0.1, 0.15) is 50.0 Å². The van der Waals surface area contributed by atoms with Crippen molar-refractivity contribution in [2.75, 3.05) is 0 Å². The molecule has 10 nitrogen and oxygen atoms in total. The SMILES string of the molecule is CC(NC(=O)C(CC(=O)NC(C)(C)C)NC(=O)C(=O)c1c[nH]c2ccccc12)C(=O)NCc1cccc2ccccc12. The van der Waals surface area contributed by atoms with Gasteiger partial charge in [-0.25, -0.2) is 0 Å². The molecule has 0 aliphatic heterocycles. The molecule has 4 rings (SSSR count). The molecule has 3 aromatic carbocycles. The highest BCUT2D eigenvalue weighted by Gasteiger charge is 2.30. The Morgan fingerprint density at radius 3 is 2.21 bits per heavy atom. The molecule has 2 atom stereocenters. The van der Waals surface area contributed by atoms with E-state index in [4.69, 9.17) is 0 Å². The first-order valence-electron chi connectivity index (χ1n) is 13.7. The second kappa shape index (κ2) is 12.7. The number of benzene rings is 3. The number of nitrogens with one attached hydrogen (secondary N) is 5. The Kier molecular flexibility index (Phi) is 9.05. The van der Waals surface area contributed by atoms with Gasteiger partial charge in [-0.3, -0.25) is 24.0 Å². The first-order valence-corrected chi connectivity index (χ1v) is 13.7. The summed E-state index contributed by atoms with van der Waals surface area (Å²) in [6.45, 7) is 7.08. The van der Waals surface area contributed by atoms with Gasteiger partial charge in [-0.05, 0) is 50.1 Å². The summed E-state index contributed by atoms with van der Waals surface area (Å²) in [5.74, 6) is -3.63. The predicted molar refractivity (Wildman–Crippen MR) is 160 cm³/mol. The maximum Gasteiger partial charge on any atom is 0.293 e. The molecule has 10 heteroatoms.